The molecule has 0 bridgehead atoms. The van der Waals surface area contributed by atoms with Gasteiger partial charge in [0.15, 0.2) is 15.1 Å². The number of carbonyl (C=O) groups is 4. The Hall–Kier alpha value is -2.75. The van der Waals surface area contributed by atoms with Gasteiger partial charge in [0.2, 0.25) is 0 Å². The van der Waals surface area contributed by atoms with Crippen LogP contribution >= 0.6 is 0 Å². The number of imide groups is 1. The Balaban J connectivity index is 2.37. The van der Waals surface area contributed by atoms with Gasteiger partial charge in [-0.3, -0.25) is 19.3 Å². The summed E-state index contributed by atoms with van der Waals surface area (Å²) in [5.74, 6) is -3.83. The minimum absolute atomic E-state index is 0.0958. The van der Waals surface area contributed by atoms with Crippen LogP contribution in [0.3, 0.4) is 0 Å². The van der Waals surface area contributed by atoms with E-state index in [1.165, 1.54) is 12.1 Å². The molecule has 2 rings (SSSR count). The molecule has 10 heteroatoms. The SMILES string of the molecule is CCCCCCS(=O)(=O)[C@H](C[C@H](C(=O)OC)N1C(=O)c2ccccc2C1=O)C(=O)OC. The van der Waals surface area contributed by atoms with Crippen LogP contribution in [0.25, 0.3) is 0 Å². The van der Waals surface area contributed by atoms with Crippen molar-refractivity contribution in [3.63, 3.8) is 0 Å². The standard InChI is InChI=1S/C21H27NO8S/c1-4-5-6-9-12-31(27,28)17(21(26)30-3)13-16(20(25)29-2)22-18(23)14-10-7-8-11-15(14)19(22)24/h7-8,10-11,16-17H,4-6,9,12-13H2,1-3H3/t16-,17-/m1/s1. The molecule has 0 spiro atoms. The Labute approximate surface area is 181 Å². The monoisotopic (exact) mass is 453 g/mol. The van der Waals surface area contributed by atoms with Crippen molar-refractivity contribution in [1.29, 1.82) is 0 Å². The highest BCUT2D eigenvalue weighted by Gasteiger charge is 2.47. The molecule has 31 heavy (non-hydrogen) atoms. The Morgan fingerprint density at radius 2 is 1.48 bits per heavy atom. The third kappa shape index (κ3) is 5.30. The van der Waals surface area contributed by atoms with Crippen molar-refractivity contribution < 1.29 is 37.1 Å². The lowest BCUT2D eigenvalue weighted by molar-refractivity contribution is -0.146. The van der Waals surface area contributed by atoms with Crippen LogP contribution in [-0.2, 0) is 28.9 Å². The second-order valence-corrected chi connectivity index (χ2v) is 9.54. The van der Waals surface area contributed by atoms with E-state index in [4.69, 9.17) is 4.74 Å². The van der Waals surface area contributed by atoms with E-state index in [1.54, 1.807) is 12.1 Å². The molecule has 2 amide bonds. The Morgan fingerprint density at radius 3 is 1.97 bits per heavy atom. The van der Waals surface area contributed by atoms with E-state index < -0.39 is 51.3 Å². The van der Waals surface area contributed by atoms with Crippen molar-refractivity contribution in [3.8, 4) is 0 Å². The number of nitrogens with zero attached hydrogens (tertiary/aromatic N) is 1. The fraction of sp³-hybridized carbons (Fsp3) is 0.524. The predicted molar refractivity (Wildman–Crippen MR) is 111 cm³/mol. The summed E-state index contributed by atoms with van der Waals surface area (Å²) in [5.41, 5.74) is 0.192. The summed E-state index contributed by atoms with van der Waals surface area (Å²) in [6, 6.07) is 4.42. The van der Waals surface area contributed by atoms with Crippen molar-refractivity contribution in [2.24, 2.45) is 0 Å². The average molecular weight is 454 g/mol. The van der Waals surface area contributed by atoms with Crippen LogP contribution < -0.4 is 0 Å². The van der Waals surface area contributed by atoms with Gasteiger partial charge in [-0.05, 0) is 18.6 Å². The second kappa shape index (κ2) is 10.5. The largest absolute Gasteiger partial charge is 0.468 e. The van der Waals surface area contributed by atoms with Gasteiger partial charge >= 0.3 is 11.9 Å². The van der Waals surface area contributed by atoms with Crippen molar-refractivity contribution in [2.45, 2.75) is 50.3 Å². The summed E-state index contributed by atoms with van der Waals surface area (Å²) in [5, 5.41) is -1.72. The topological polar surface area (TPSA) is 124 Å². The highest BCUT2D eigenvalue weighted by Crippen LogP contribution is 2.28. The highest BCUT2D eigenvalue weighted by atomic mass is 32.2. The Morgan fingerprint density at radius 1 is 0.935 bits per heavy atom. The van der Waals surface area contributed by atoms with Gasteiger partial charge < -0.3 is 9.47 Å². The fourth-order valence-electron chi connectivity index (χ4n) is 3.53. The zero-order valence-electron chi connectivity index (χ0n) is 17.8. The van der Waals surface area contributed by atoms with Crippen molar-refractivity contribution in [1.82, 2.24) is 4.90 Å². The van der Waals surface area contributed by atoms with E-state index in [2.05, 4.69) is 4.74 Å². The number of hydrogen-bond donors (Lipinski definition) is 0. The van der Waals surface area contributed by atoms with E-state index >= 15 is 0 Å². The van der Waals surface area contributed by atoms with Crippen LogP contribution in [-0.4, -0.2) is 68.3 Å². The lowest BCUT2D eigenvalue weighted by Crippen LogP contribution is -2.49. The number of benzene rings is 1. The summed E-state index contributed by atoms with van der Waals surface area (Å²) in [7, 11) is -1.92. The molecule has 2 atom stereocenters. The lowest BCUT2D eigenvalue weighted by Gasteiger charge is -2.26. The van der Waals surface area contributed by atoms with Gasteiger partial charge in [-0.15, -0.1) is 0 Å². The number of esters is 2. The number of carbonyl (C=O) groups excluding carboxylic acids is 4. The molecule has 0 unspecified atom stereocenters. The minimum atomic E-state index is -4.01. The molecule has 1 aromatic carbocycles. The van der Waals surface area contributed by atoms with Gasteiger partial charge in [0, 0.05) is 6.42 Å². The number of sulfone groups is 1. The molecule has 9 nitrogen and oxygen atoms in total. The number of methoxy groups -OCH3 is 2. The molecule has 0 N–H and O–H groups in total. The maximum atomic E-state index is 12.9. The molecule has 0 saturated carbocycles. The molecule has 0 radical (unpaired) electrons. The fourth-order valence-corrected chi connectivity index (χ4v) is 5.29. The number of amides is 2. The first-order valence-electron chi connectivity index (χ1n) is 10.0. The van der Waals surface area contributed by atoms with E-state index in [0.29, 0.717) is 17.7 Å². The van der Waals surface area contributed by atoms with Gasteiger partial charge in [0.25, 0.3) is 11.8 Å². The number of unbranched alkanes of at least 4 members (excludes halogenated alkanes) is 3. The molecular formula is C21H27NO8S. The van der Waals surface area contributed by atoms with Gasteiger partial charge in [-0.2, -0.15) is 0 Å². The molecule has 1 aliphatic rings. The van der Waals surface area contributed by atoms with E-state index in [-0.39, 0.29) is 16.9 Å². The molecule has 170 valence electrons. The molecule has 0 saturated heterocycles. The van der Waals surface area contributed by atoms with Crippen LogP contribution in [0.4, 0.5) is 0 Å². The highest BCUT2D eigenvalue weighted by molar-refractivity contribution is 7.92. The maximum Gasteiger partial charge on any atom is 0.329 e. The summed E-state index contributed by atoms with van der Waals surface area (Å²) < 4.78 is 35.2. The molecular weight excluding hydrogens is 426 g/mol. The number of ether oxygens (including phenoxy) is 2. The van der Waals surface area contributed by atoms with Crippen LogP contribution in [0.5, 0.6) is 0 Å². The van der Waals surface area contributed by atoms with Gasteiger partial charge in [-0.25, -0.2) is 13.2 Å². The number of rotatable bonds is 11. The summed E-state index contributed by atoms with van der Waals surface area (Å²) in [4.78, 5) is 51.1. The lowest BCUT2D eigenvalue weighted by atomic mass is 10.1. The Kier molecular flexibility index (Phi) is 8.32. The molecule has 0 fully saturated rings. The van der Waals surface area contributed by atoms with E-state index in [9.17, 15) is 27.6 Å². The first-order valence-corrected chi connectivity index (χ1v) is 11.7. The van der Waals surface area contributed by atoms with Crippen LogP contribution in [0.1, 0.15) is 59.7 Å². The molecule has 0 aromatic heterocycles. The zero-order chi connectivity index (χ0) is 23.2. The van der Waals surface area contributed by atoms with Gasteiger partial charge in [0.1, 0.15) is 6.04 Å². The maximum absolute atomic E-state index is 12.9. The Bertz CT molecular complexity index is 921. The molecule has 1 aliphatic heterocycles. The minimum Gasteiger partial charge on any atom is -0.468 e. The summed E-state index contributed by atoms with van der Waals surface area (Å²) >= 11 is 0. The normalized spacial score (nSPS) is 15.4. The number of hydrogen-bond acceptors (Lipinski definition) is 8. The zero-order valence-corrected chi connectivity index (χ0v) is 18.6. The average Bonchev–Trinajstić information content (AvgIpc) is 3.01. The third-order valence-electron chi connectivity index (χ3n) is 5.23. The van der Waals surface area contributed by atoms with Crippen molar-refractivity contribution >= 4 is 33.6 Å². The van der Waals surface area contributed by atoms with Gasteiger partial charge in [0.05, 0.1) is 31.1 Å². The van der Waals surface area contributed by atoms with Crippen molar-refractivity contribution in [2.75, 3.05) is 20.0 Å². The molecule has 1 aromatic rings. The smallest absolute Gasteiger partial charge is 0.329 e. The second-order valence-electron chi connectivity index (χ2n) is 7.24. The summed E-state index contributed by atoms with van der Waals surface area (Å²) in [6.45, 7) is 1.98. The van der Waals surface area contributed by atoms with Crippen LogP contribution in [0.2, 0.25) is 0 Å². The van der Waals surface area contributed by atoms with E-state index in [0.717, 1.165) is 27.1 Å². The van der Waals surface area contributed by atoms with Crippen LogP contribution in [0, 0.1) is 0 Å². The third-order valence-corrected chi connectivity index (χ3v) is 7.34. The number of fused-ring (bicyclic) bond motifs is 1. The predicted octanol–water partition coefficient (Wildman–Crippen LogP) is 1.75. The van der Waals surface area contributed by atoms with Gasteiger partial charge in [-0.1, -0.05) is 38.3 Å². The quantitative estimate of drug-likeness (QED) is 0.282. The molecule has 0 aliphatic carbocycles. The first kappa shape index (κ1) is 24.5. The first-order chi connectivity index (χ1) is 14.7. The van der Waals surface area contributed by atoms with Crippen molar-refractivity contribution in [3.05, 3.63) is 35.4 Å². The molecule has 1 heterocycles. The van der Waals surface area contributed by atoms with Crippen LogP contribution in [0.15, 0.2) is 24.3 Å². The summed E-state index contributed by atoms with van der Waals surface area (Å²) in [6.07, 6.45) is 2.13. The van der Waals surface area contributed by atoms with E-state index in [1.807, 2.05) is 6.92 Å².